The van der Waals surface area contributed by atoms with Crippen LogP contribution in [0.4, 0.5) is 4.39 Å². The van der Waals surface area contributed by atoms with Gasteiger partial charge < -0.3 is 5.11 Å². The number of benzene rings is 1. The van der Waals surface area contributed by atoms with Crippen molar-refractivity contribution in [3.8, 4) is 11.4 Å². The van der Waals surface area contributed by atoms with Gasteiger partial charge in [0.1, 0.15) is 5.82 Å². The van der Waals surface area contributed by atoms with Crippen LogP contribution in [0.2, 0.25) is 0 Å². The highest BCUT2D eigenvalue weighted by molar-refractivity contribution is 5.72. The molecule has 1 heterocycles. The van der Waals surface area contributed by atoms with Crippen molar-refractivity contribution in [2.75, 3.05) is 0 Å². The van der Waals surface area contributed by atoms with Crippen LogP contribution in [0, 0.1) is 11.7 Å². The molecule has 6 nitrogen and oxygen atoms in total. The Balaban J connectivity index is 2.43. The van der Waals surface area contributed by atoms with Crippen molar-refractivity contribution in [1.29, 1.82) is 0 Å². The summed E-state index contributed by atoms with van der Waals surface area (Å²) in [6.45, 7) is 3.84. The summed E-state index contributed by atoms with van der Waals surface area (Å²) in [5, 5.41) is 20.4. The lowest BCUT2D eigenvalue weighted by atomic mass is 10.0. The average molecular weight is 278 g/mol. The molecule has 1 unspecified atom stereocenters. The van der Waals surface area contributed by atoms with Crippen LogP contribution in [0.15, 0.2) is 24.3 Å². The SMILES string of the molecule is CC(C)CC(C(=O)O)n1nnnc1-c1cccc(F)c1. The molecule has 0 aliphatic rings. The van der Waals surface area contributed by atoms with Crippen LogP contribution in [-0.2, 0) is 4.79 Å². The van der Waals surface area contributed by atoms with Crippen molar-refractivity contribution < 1.29 is 14.3 Å². The molecule has 0 aliphatic carbocycles. The van der Waals surface area contributed by atoms with Crippen LogP contribution in [0.5, 0.6) is 0 Å². The molecule has 106 valence electrons. The first-order valence-corrected chi connectivity index (χ1v) is 6.25. The van der Waals surface area contributed by atoms with E-state index < -0.39 is 17.8 Å². The fourth-order valence-electron chi connectivity index (χ4n) is 1.97. The first-order chi connectivity index (χ1) is 9.49. The molecule has 0 spiro atoms. The smallest absolute Gasteiger partial charge is 0.328 e. The van der Waals surface area contributed by atoms with E-state index in [2.05, 4.69) is 15.5 Å². The van der Waals surface area contributed by atoms with Gasteiger partial charge in [0.15, 0.2) is 11.9 Å². The van der Waals surface area contributed by atoms with Gasteiger partial charge in [-0.25, -0.2) is 13.9 Å². The van der Waals surface area contributed by atoms with E-state index in [1.165, 1.54) is 22.9 Å². The summed E-state index contributed by atoms with van der Waals surface area (Å²) in [5.74, 6) is -1.02. The Morgan fingerprint density at radius 2 is 2.20 bits per heavy atom. The third-order valence-electron chi connectivity index (χ3n) is 2.85. The van der Waals surface area contributed by atoms with E-state index in [-0.39, 0.29) is 11.7 Å². The van der Waals surface area contributed by atoms with Gasteiger partial charge >= 0.3 is 5.97 Å². The second-order valence-electron chi connectivity index (χ2n) is 4.94. The van der Waals surface area contributed by atoms with Gasteiger partial charge in [0.05, 0.1) is 0 Å². The molecule has 20 heavy (non-hydrogen) atoms. The highest BCUT2D eigenvalue weighted by Gasteiger charge is 2.26. The van der Waals surface area contributed by atoms with Gasteiger partial charge in [-0.05, 0) is 34.9 Å². The Bertz CT molecular complexity index is 612. The zero-order valence-corrected chi connectivity index (χ0v) is 11.2. The molecule has 2 rings (SSSR count). The van der Waals surface area contributed by atoms with Crippen molar-refractivity contribution in [1.82, 2.24) is 20.2 Å². The summed E-state index contributed by atoms with van der Waals surface area (Å²) >= 11 is 0. The number of tetrazole rings is 1. The minimum absolute atomic E-state index is 0.167. The topological polar surface area (TPSA) is 80.9 Å². The lowest BCUT2D eigenvalue weighted by Crippen LogP contribution is -2.23. The molecule has 0 saturated carbocycles. The number of carbonyl (C=O) groups is 1. The highest BCUT2D eigenvalue weighted by Crippen LogP contribution is 2.24. The standard InChI is InChI=1S/C13H15FN4O2/c1-8(2)6-11(13(19)20)18-12(15-16-17-18)9-4-3-5-10(14)7-9/h3-5,7-8,11H,6H2,1-2H3,(H,19,20). The van der Waals surface area contributed by atoms with Gasteiger partial charge in [0.2, 0.25) is 0 Å². The van der Waals surface area contributed by atoms with Crippen LogP contribution >= 0.6 is 0 Å². The lowest BCUT2D eigenvalue weighted by molar-refractivity contribution is -0.141. The molecule has 2 aromatic rings. The van der Waals surface area contributed by atoms with Gasteiger partial charge in [-0.1, -0.05) is 26.0 Å². The minimum atomic E-state index is -1.01. The first-order valence-electron chi connectivity index (χ1n) is 6.25. The van der Waals surface area contributed by atoms with Crippen molar-refractivity contribution in [2.24, 2.45) is 5.92 Å². The van der Waals surface area contributed by atoms with Crippen molar-refractivity contribution in [3.63, 3.8) is 0 Å². The van der Waals surface area contributed by atoms with Gasteiger partial charge in [0.25, 0.3) is 0 Å². The third-order valence-corrected chi connectivity index (χ3v) is 2.85. The summed E-state index contributed by atoms with van der Waals surface area (Å²) in [4.78, 5) is 11.4. The average Bonchev–Trinajstić information content (AvgIpc) is 2.84. The molecule has 0 radical (unpaired) electrons. The Morgan fingerprint density at radius 3 is 2.80 bits per heavy atom. The number of rotatable bonds is 5. The van der Waals surface area contributed by atoms with Crippen molar-refractivity contribution >= 4 is 5.97 Å². The fourth-order valence-corrected chi connectivity index (χ4v) is 1.97. The number of carboxylic acids is 1. The Hall–Kier alpha value is -2.31. The molecule has 7 heteroatoms. The minimum Gasteiger partial charge on any atom is -0.480 e. The van der Waals surface area contributed by atoms with Crippen molar-refractivity contribution in [2.45, 2.75) is 26.3 Å². The fraction of sp³-hybridized carbons (Fsp3) is 0.385. The number of carboxylic acid groups (broad SMARTS) is 1. The van der Waals surface area contributed by atoms with E-state index in [9.17, 15) is 14.3 Å². The number of aliphatic carboxylic acids is 1. The molecule has 1 N–H and O–H groups in total. The number of halogens is 1. The summed E-state index contributed by atoms with van der Waals surface area (Å²) in [7, 11) is 0. The summed E-state index contributed by atoms with van der Waals surface area (Å²) in [5.41, 5.74) is 0.449. The predicted molar refractivity (Wildman–Crippen MR) is 69.3 cm³/mol. The number of hydrogen-bond donors (Lipinski definition) is 1. The summed E-state index contributed by atoms with van der Waals surface area (Å²) in [6, 6.07) is 4.88. The molecule has 0 fully saturated rings. The third kappa shape index (κ3) is 2.98. The second kappa shape index (κ2) is 5.77. The molecule has 1 aromatic carbocycles. The summed E-state index contributed by atoms with van der Waals surface area (Å²) < 4.78 is 14.5. The molecular weight excluding hydrogens is 263 g/mol. The summed E-state index contributed by atoms with van der Waals surface area (Å²) in [6.07, 6.45) is 0.392. The van der Waals surface area contributed by atoms with Crippen LogP contribution in [-0.4, -0.2) is 31.3 Å². The molecule has 0 aliphatic heterocycles. The quantitative estimate of drug-likeness (QED) is 0.906. The zero-order valence-electron chi connectivity index (χ0n) is 11.2. The van der Waals surface area contributed by atoms with Crippen LogP contribution in [0.25, 0.3) is 11.4 Å². The molecular formula is C13H15FN4O2. The zero-order chi connectivity index (χ0) is 14.7. The molecule has 1 aromatic heterocycles. The van der Waals surface area contributed by atoms with Gasteiger partial charge in [-0.3, -0.25) is 0 Å². The van der Waals surface area contributed by atoms with E-state index in [1.807, 2.05) is 13.8 Å². The lowest BCUT2D eigenvalue weighted by Gasteiger charge is -2.16. The Morgan fingerprint density at radius 1 is 1.45 bits per heavy atom. The van der Waals surface area contributed by atoms with E-state index in [0.29, 0.717) is 12.0 Å². The Labute approximate surface area is 115 Å². The molecule has 1 atom stereocenters. The maximum absolute atomic E-state index is 13.3. The molecule has 0 saturated heterocycles. The first kappa shape index (κ1) is 14.1. The van der Waals surface area contributed by atoms with E-state index in [0.717, 1.165) is 0 Å². The number of hydrogen-bond acceptors (Lipinski definition) is 4. The maximum atomic E-state index is 13.3. The number of nitrogens with zero attached hydrogens (tertiary/aromatic N) is 4. The highest BCUT2D eigenvalue weighted by atomic mass is 19.1. The maximum Gasteiger partial charge on any atom is 0.328 e. The predicted octanol–water partition coefficient (Wildman–Crippen LogP) is 2.15. The van der Waals surface area contributed by atoms with E-state index in [1.54, 1.807) is 6.07 Å². The van der Waals surface area contributed by atoms with Gasteiger partial charge in [-0.15, -0.1) is 5.10 Å². The monoisotopic (exact) mass is 278 g/mol. The second-order valence-corrected chi connectivity index (χ2v) is 4.94. The number of aromatic nitrogens is 4. The Kier molecular flexibility index (Phi) is 4.07. The largest absolute Gasteiger partial charge is 0.480 e. The van der Waals surface area contributed by atoms with Crippen LogP contribution < -0.4 is 0 Å². The van der Waals surface area contributed by atoms with E-state index in [4.69, 9.17) is 0 Å². The molecule has 0 bridgehead atoms. The van der Waals surface area contributed by atoms with Crippen LogP contribution in [0.1, 0.15) is 26.3 Å². The van der Waals surface area contributed by atoms with Crippen LogP contribution in [0.3, 0.4) is 0 Å². The van der Waals surface area contributed by atoms with E-state index >= 15 is 0 Å². The molecule has 0 amide bonds. The normalized spacial score (nSPS) is 12.6. The van der Waals surface area contributed by atoms with Gasteiger partial charge in [0, 0.05) is 5.56 Å². The van der Waals surface area contributed by atoms with Crippen molar-refractivity contribution in [3.05, 3.63) is 30.1 Å². The van der Waals surface area contributed by atoms with Gasteiger partial charge in [-0.2, -0.15) is 0 Å².